The topological polar surface area (TPSA) is 24.9 Å². The van der Waals surface area contributed by atoms with Crippen LogP contribution in [0.15, 0.2) is 30.6 Å². The first-order valence-electron chi connectivity index (χ1n) is 5.04. The fourth-order valence-electron chi connectivity index (χ4n) is 2.06. The van der Waals surface area contributed by atoms with Crippen molar-refractivity contribution < 1.29 is 0 Å². The van der Waals surface area contributed by atoms with Gasteiger partial charge in [-0.15, -0.1) is 0 Å². The van der Waals surface area contributed by atoms with Crippen LogP contribution < -0.4 is 5.32 Å². The van der Waals surface area contributed by atoms with Crippen LogP contribution in [0.2, 0.25) is 0 Å². The molecule has 0 atom stereocenters. The minimum absolute atomic E-state index is 1.10. The van der Waals surface area contributed by atoms with Gasteiger partial charge in [0.2, 0.25) is 0 Å². The van der Waals surface area contributed by atoms with E-state index in [1.807, 2.05) is 12.4 Å². The molecule has 1 aliphatic heterocycles. The third-order valence-electron chi connectivity index (χ3n) is 2.80. The molecule has 0 aliphatic carbocycles. The molecular formula is C12H12N2. The lowest BCUT2D eigenvalue weighted by Crippen LogP contribution is -2.11. The lowest BCUT2D eigenvalue weighted by Gasteiger charge is -2.18. The second kappa shape index (κ2) is 2.98. The summed E-state index contributed by atoms with van der Waals surface area (Å²) in [7, 11) is 0. The largest absolute Gasteiger partial charge is 0.385 e. The molecule has 0 saturated heterocycles. The average molecular weight is 184 g/mol. The van der Waals surface area contributed by atoms with Crippen LogP contribution >= 0.6 is 0 Å². The summed E-state index contributed by atoms with van der Waals surface area (Å²) < 4.78 is 0. The van der Waals surface area contributed by atoms with Crippen molar-refractivity contribution in [2.45, 2.75) is 12.8 Å². The second-order valence-electron chi connectivity index (χ2n) is 3.76. The Balaban J connectivity index is 2.27. The Bertz CT molecular complexity index is 432. The van der Waals surface area contributed by atoms with Crippen molar-refractivity contribution in [1.82, 2.24) is 4.98 Å². The Kier molecular flexibility index (Phi) is 1.66. The van der Waals surface area contributed by atoms with Crippen molar-refractivity contribution in [1.29, 1.82) is 0 Å². The molecule has 70 valence electrons. The summed E-state index contributed by atoms with van der Waals surface area (Å²) in [5.41, 5.74) is 2.73. The van der Waals surface area contributed by atoms with Gasteiger partial charge < -0.3 is 5.32 Å². The molecule has 2 heterocycles. The quantitative estimate of drug-likeness (QED) is 0.680. The van der Waals surface area contributed by atoms with Crippen LogP contribution in [0.3, 0.4) is 0 Å². The highest BCUT2D eigenvalue weighted by Crippen LogP contribution is 2.26. The molecule has 14 heavy (non-hydrogen) atoms. The summed E-state index contributed by atoms with van der Waals surface area (Å²) in [5.74, 6) is 0. The van der Waals surface area contributed by atoms with Crippen molar-refractivity contribution in [2.24, 2.45) is 0 Å². The summed E-state index contributed by atoms with van der Waals surface area (Å²) in [6.45, 7) is 1.10. The van der Waals surface area contributed by atoms with Crippen LogP contribution in [0.1, 0.15) is 12.0 Å². The van der Waals surface area contributed by atoms with E-state index in [1.54, 1.807) is 0 Å². The average Bonchev–Trinajstić information content (AvgIpc) is 2.26. The van der Waals surface area contributed by atoms with Crippen LogP contribution in [0, 0.1) is 0 Å². The smallest absolute Gasteiger partial charge is 0.0379 e. The van der Waals surface area contributed by atoms with E-state index in [0.29, 0.717) is 0 Å². The minimum atomic E-state index is 1.10. The summed E-state index contributed by atoms with van der Waals surface area (Å²) in [5, 5.41) is 5.94. The number of anilines is 1. The fraction of sp³-hybridized carbons (Fsp3) is 0.250. The predicted molar refractivity (Wildman–Crippen MR) is 58.6 cm³/mol. The maximum Gasteiger partial charge on any atom is 0.0379 e. The number of aryl methyl sites for hydroxylation is 1. The number of nitrogens with one attached hydrogen (secondary N) is 1. The van der Waals surface area contributed by atoms with Gasteiger partial charge in [0.05, 0.1) is 0 Å². The maximum absolute atomic E-state index is 4.13. The zero-order valence-corrected chi connectivity index (χ0v) is 7.96. The van der Waals surface area contributed by atoms with Gasteiger partial charge in [0.25, 0.3) is 0 Å². The molecule has 3 rings (SSSR count). The molecule has 0 fully saturated rings. The van der Waals surface area contributed by atoms with Crippen LogP contribution in [-0.4, -0.2) is 11.5 Å². The van der Waals surface area contributed by atoms with E-state index in [9.17, 15) is 0 Å². The molecule has 0 saturated carbocycles. The van der Waals surface area contributed by atoms with Crippen molar-refractivity contribution >= 4 is 16.5 Å². The summed E-state index contributed by atoms with van der Waals surface area (Å²) in [4.78, 5) is 4.13. The monoisotopic (exact) mass is 184 g/mol. The highest BCUT2D eigenvalue weighted by atomic mass is 14.9. The first-order valence-corrected chi connectivity index (χ1v) is 5.04. The number of nitrogens with zero attached hydrogens (tertiary/aromatic N) is 1. The molecule has 1 aliphatic rings. The minimum Gasteiger partial charge on any atom is -0.385 e. The van der Waals surface area contributed by atoms with Gasteiger partial charge in [-0.05, 0) is 42.0 Å². The second-order valence-corrected chi connectivity index (χ2v) is 3.76. The van der Waals surface area contributed by atoms with Crippen molar-refractivity contribution in [3.05, 3.63) is 36.2 Å². The molecule has 0 bridgehead atoms. The first-order chi connectivity index (χ1) is 6.93. The van der Waals surface area contributed by atoms with Crippen LogP contribution in [0.4, 0.5) is 5.69 Å². The normalized spacial score (nSPS) is 14.9. The number of pyridine rings is 1. The standard InChI is InChI=1S/C12H12N2/c1-2-10-6-9-3-5-13-8-11(9)7-12(10)14-4-1/h3,5-8,14H,1-2,4H2. The van der Waals surface area contributed by atoms with E-state index in [2.05, 4.69) is 28.5 Å². The molecule has 0 unspecified atom stereocenters. The zero-order valence-electron chi connectivity index (χ0n) is 7.96. The van der Waals surface area contributed by atoms with Gasteiger partial charge in [0.1, 0.15) is 0 Å². The number of hydrogen-bond acceptors (Lipinski definition) is 2. The van der Waals surface area contributed by atoms with Crippen LogP contribution in [0.5, 0.6) is 0 Å². The molecule has 2 nitrogen and oxygen atoms in total. The molecule has 1 N–H and O–H groups in total. The molecular weight excluding hydrogens is 172 g/mol. The van der Waals surface area contributed by atoms with Crippen LogP contribution in [-0.2, 0) is 6.42 Å². The van der Waals surface area contributed by atoms with E-state index >= 15 is 0 Å². The highest BCUT2D eigenvalue weighted by Gasteiger charge is 2.08. The number of rotatable bonds is 0. The molecule has 2 heteroatoms. The Morgan fingerprint density at radius 3 is 3.21 bits per heavy atom. The van der Waals surface area contributed by atoms with E-state index < -0.39 is 0 Å². The molecule has 1 aromatic heterocycles. The molecule has 2 aromatic rings. The zero-order chi connectivity index (χ0) is 9.38. The SMILES string of the molecule is c1cc2cc3c(cc2cn1)NCCC3. The number of benzene rings is 1. The van der Waals surface area contributed by atoms with Crippen LogP contribution in [0.25, 0.3) is 10.8 Å². The van der Waals surface area contributed by atoms with E-state index in [0.717, 1.165) is 6.54 Å². The summed E-state index contributed by atoms with van der Waals surface area (Å²) in [6, 6.07) is 6.56. The third-order valence-corrected chi connectivity index (χ3v) is 2.80. The maximum atomic E-state index is 4.13. The first kappa shape index (κ1) is 7.80. The van der Waals surface area contributed by atoms with Gasteiger partial charge in [-0.25, -0.2) is 0 Å². The number of hydrogen-bond donors (Lipinski definition) is 1. The molecule has 0 amide bonds. The predicted octanol–water partition coefficient (Wildman–Crippen LogP) is 2.59. The molecule has 0 radical (unpaired) electrons. The number of fused-ring (bicyclic) bond motifs is 2. The lowest BCUT2D eigenvalue weighted by molar-refractivity contribution is 0.832. The van der Waals surface area contributed by atoms with E-state index in [4.69, 9.17) is 0 Å². The van der Waals surface area contributed by atoms with Gasteiger partial charge >= 0.3 is 0 Å². The Morgan fingerprint density at radius 2 is 2.21 bits per heavy atom. The summed E-state index contributed by atoms with van der Waals surface area (Å²) in [6.07, 6.45) is 6.21. The van der Waals surface area contributed by atoms with Crippen molar-refractivity contribution in [2.75, 3.05) is 11.9 Å². The highest BCUT2D eigenvalue weighted by molar-refractivity contribution is 5.86. The van der Waals surface area contributed by atoms with Gasteiger partial charge in [-0.2, -0.15) is 0 Å². The Hall–Kier alpha value is -1.57. The van der Waals surface area contributed by atoms with E-state index in [1.165, 1.54) is 34.9 Å². The fourth-order valence-corrected chi connectivity index (χ4v) is 2.06. The number of aromatic nitrogens is 1. The summed E-state index contributed by atoms with van der Waals surface area (Å²) >= 11 is 0. The van der Waals surface area contributed by atoms with Gasteiger partial charge in [0, 0.05) is 30.0 Å². The van der Waals surface area contributed by atoms with Crippen molar-refractivity contribution in [3.63, 3.8) is 0 Å². The Morgan fingerprint density at radius 1 is 1.21 bits per heavy atom. The lowest BCUT2D eigenvalue weighted by atomic mass is 10.00. The van der Waals surface area contributed by atoms with Crippen molar-refractivity contribution in [3.8, 4) is 0 Å². The van der Waals surface area contributed by atoms with E-state index in [-0.39, 0.29) is 0 Å². The van der Waals surface area contributed by atoms with Gasteiger partial charge in [-0.3, -0.25) is 4.98 Å². The van der Waals surface area contributed by atoms with Gasteiger partial charge in [-0.1, -0.05) is 0 Å². The van der Waals surface area contributed by atoms with Gasteiger partial charge in [0.15, 0.2) is 0 Å². The third kappa shape index (κ3) is 1.15. The molecule has 1 aromatic carbocycles. The molecule has 0 spiro atoms. The Labute approximate surface area is 83.0 Å².